The quantitative estimate of drug-likeness (QED) is 0.226. The van der Waals surface area contributed by atoms with E-state index in [0.717, 1.165) is 56.2 Å². The Labute approximate surface area is 173 Å². The van der Waals surface area contributed by atoms with Crippen LogP contribution in [-0.4, -0.2) is 57.2 Å². The molecule has 0 atom stereocenters. The summed E-state index contributed by atoms with van der Waals surface area (Å²) in [5, 5.41) is 3.38. The summed E-state index contributed by atoms with van der Waals surface area (Å²) in [6.45, 7) is 5.15. The van der Waals surface area contributed by atoms with Crippen molar-refractivity contribution < 1.29 is 14.3 Å². The first-order chi connectivity index (χ1) is 12.2. The van der Waals surface area contributed by atoms with E-state index in [1.54, 1.807) is 7.05 Å². The van der Waals surface area contributed by atoms with E-state index in [2.05, 4.69) is 15.2 Å². The Morgan fingerprint density at radius 3 is 2.62 bits per heavy atom. The van der Waals surface area contributed by atoms with Crippen molar-refractivity contribution in [3.8, 4) is 5.75 Å². The number of methoxy groups -OCH3 is 1. The van der Waals surface area contributed by atoms with E-state index >= 15 is 0 Å². The third-order valence-corrected chi connectivity index (χ3v) is 4.50. The van der Waals surface area contributed by atoms with Gasteiger partial charge in [-0.1, -0.05) is 18.2 Å². The lowest BCUT2D eigenvalue weighted by molar-refractivity contribution is -0.146. The standard InChI is InChI=1S/C19H29N3O3.HI/c1-15-7-4-5-8-17(15)25-14-6-11-21-19(20-2)22-12-9-16(10-13-22)18(23)24-3;/h4-5,7-8,16H,6,9-14H2,1-3H3,(H,20,21);1H. The molecule has 7 heteroatoms. The van der Waals surface area contributed by atoms with Crippen LogP contribution < -0.4 is 10.1 Å². The van der Waals surface area contributed by atoms with Crippen molar-refractivity contribution in [1.82, 2.24) is 10.2 Å². The molecule has 1 N–H and O–H groups in total. The van der Waals surface area contributed by atoms with E-state index in [-0.39, 0.29) is 35.9 Å². The maximum absolute atomic E-state index is 11.6. The molecule has 146 valence electrons. The Balaban J connectivity index is 0.00000338. The van der Waals surface area contributed by atoms with Crippen molar-refractivity contribution in [1.29, 1.82) is 0 Å². The maximum atomic E-state index is 11.6. The highest BCUT2D eigenvalue weighted by molar-refractivity contribution is 14.0. The number of piperidine rings is 1. The van der Waals surface area contributed by atoms with Crippen molar-refractivity contribution in [2.75, 3.05) is 40.4 Å². The Bertz CT molecular complexity index is 587. The number of nitrogens with zero attached hydrogens (tertiary/aromatic N) is 2. The van der Waals surface area contributed by atoms with Gasteiger partial charge in [0.25, 0.3) is 0 Å². The van der Waals surface area contributed by atoms with Crippen LogP contribution >= 0.6 is 24.0 Å². The number of hydrogen-bond donors (Lipinski definition) is 1. The van der Waals surface area contributed by atoms with Gasteiger partial charge in [0, 0.05) is 26.7 Å². The second-order valence-corrected chi connectivity index (χ2v) is 6.23. The molecule has 0 bridgehead atoms. The van der Waals surface area contributed by atoms with Crippen LogP contribution in [0.2, 0.25) is 0 Å². The van der Waals surface area contributed by atoms with Crippen LogP contribution in [0, 0.1) is 12.8 Å². The highest BCUT2D eigenvalue weighted by Crippen LogP contribution is 2.18. The molecular formula is C19H30IN3O3. The van der Waals surface area contributed by atoms with Gasteiger partial charge in [-0.3, -0.25) is 9.79 Å². The van der Waals surface area contributed by atoms with E-state index in [0.29, 0.717) is 6.61 Å². The SMILES string of the molecule is CN=C(NCCCOc1ccccc1C)N1CCC(C(=O)OC)CC1.I. The Kier molecular flexibility index (Phi) is 10.4. The molecule has 0 saturated carbocycles. The summed E-state index contributed by atoms with van der Waals surface area (Å²) in [5.41, 5.74) is 1.15. The zero-order valence-corrected chi connectivity index (χ0v) is 18.2. The molecule has 1 aliphatic heterocycles. The third-order valence-electron chi connectivity index (χ3n) is 4.50. The number of carbonyl (C=O) groups excluding carboxylic acids is 1. The van der Waals surface area contributed by atoms with Gasteiger partial charge in [-0.05, 0) is 37.8 Å². The molecule has 6 nitrogen and oxygen atoms in total. The van der Waals surface area contributed by atoms with Crippen LogP contribution in [0.5, 0.6) is 5.75 Å². The number of rotatable bonds is 6. The minimum Gasteiger partial charge on any atom is -0.493 e. The number of para-hydroxylation sites is 1. The molecule has 0 aliphatic carbocycles. The average Bonchev–Trinajstić information content (AvgIpc) is 2.65. The second-order valence-electron chi connectivity index (χ2n) is 6.23. The molecule has 0 unspecified atom stereocenters. The van der Waals surface area contributed by atoms with E-state index in [1.807, 2.05) is 31.2 Å². The van der Waals surface area contributed by atoms with Crippen LogP contribution in [0.4, 0.5) is 0 Å². The first kappa shape index (κ1) is 22.5. The monoisotopic (exact) mass is 475 g/mol. The summed E-state index contributed by atoms with van der Waals surface area (Å²) in [5.74, 6) is 1.74. The van der Waals surface area contributed by atoms with Crippen LogP contribution in [-0.2, 0) is 9.53 Å². The minimum absolute atomic E-state index is 0. The summed E-state index contributed by atoms with van der Waals surface area (Å²) in [4.78, 5) is 18.1. The smallest absolute Gasteiger partial charge is 0.308 e. The van der Waals surface area contributed by atoms with Gasteiger partial charge < -0.3 is 19.7 Å². The molecule has 1 heterocycles. The van der Waals surface area contributed by atoms with Crippen molar-refractivity contribution >= 4 is 35.9 Å². The van der Waals surface area contributed by atoms with Crippen molar-refractivity contribution in [2.24, 2.45) is 10.9 Å². The van der Waals surface area contributed by atoms with Gasteiger partial charge in [0.1, 0.15) is 5.75 Å². The van der Waals surface area contributed by atoms with Gasteiger partial charge in [-0.25, -0.2) is 0 Å². The molecule has 0 aromatic heterocycles. The average molecular weight is 475 g/mol. The topological polar surface area (TPSA) is 63.2 Å². The molecular weight excluding hydrogens is 445 g/mol. The predicted octanol–water partition coefficient (Wildman–Crippen LogP) is 2.84. The van der Waals surface area contributed by atoms with E-state index in [9.17, 15) is 4.79 Å². The zero-order chi connectivity index (χ0) is 18.1. The number of guanidine groups is 1. The Hall–Kier alpha value is -1.51. The largest absolute Gasteiger partial charge is 0.493 e. The van der Waals surface area contributed by atoms with Gasteiger partial charge >= 0.3 is 5.97 Å². The maximum Gasteiger partial charge on any atom is 0.308 e. The van der Waals surface area contributed by atoms with Gasteiger partial charge in [-0.15, -0.1) is 24.0 Å². The number of halogens is 1. The van der Waals surface area contributed by atoms with E-state index in [1.165, 1.54) is 7.11 Å². The first-order valence-corrected chi connectivity index (χ1v) is 8.87. The molecule has 1 saturated heterocycles. The third kappa shape index (κ3) is 6.66. The highest BCUT2D eigenvalue weighted by Gasteiger charge is 2.26. The number of benzene rings is 1. The molecule has 1 fully saturated rings. The van der Waals surface area contributed by atoms with Crippen molar-refractivity contribution in [3.63, 3.8) is 0 Å². The fourth-order valence-electron chi connectivity index (χ4n) is 3.00. The molecule has 1 aromatic carbocycles. The fourth-order valence-corrected chi connectivity index (χ4v) is 3.00. The van der Waals surface area contributed by atoms with Crippen LogP contribution in [0.3, 0.4) is 0 Å². The van der Waals surface area contributed by atoms with E-state index < -0.39 is 0 Å². The normalized spacial score (nSPS) is 15.2. The summed E-state index contributed by atoms with van der Waals surface area (Å²) < 4.78 is 10.6. The second kappa shape index (κ2) is 12.0. The summed E-state index contributed by atoms with van der Waals surface area (Å²) in [7, 11) is 3.24. The number of nitrogens with one attached hydrogen (secondary N) is 1. The molecule has 0 radical (unpaired) electrons. The van der Waals surface area contributed by atoms with Gasteiger partial charge in [0.15, 0.2) is 5.96 Å². The number of likely N-dealkylation sites (tertiary alicyclic amines) is 1. The van der Waals surface area contributed by atoms with Crippen LogP contribution in [0.25, 0.3) is 0 Å². The molecule has 1 aliphatic rings. The highest BCUT2D eigenvalue weighted by atomic mass is 127. The van der Waals surface area contributed by atoms with Crippen molar-refractivity contribution in [3.05, 3.63) is 29.8 Å². The van der Waals surface area contributed by atoms with E-state index in [4.69, 9.17) is 9.47 Å². The Morgan fingerprint density at radius 2 is 2.00 bits per heavy atom. The van der Waals surface area contributed by atoms with Gasteiger partial charge in [-0.2, -0.15) is 0 Å². The first-order valence-electron chi connectivity index (χ1n) is 8.87. The summed E-state index contributed by atoms with van der Waals surface area (Å²) in [6.07, 6.45) is 2.51. The molecule has 2 rings (SSSR count). The van der Waals surface area contributed by atoms with Crippen LogP contribution in [0.1, 0.15) is 24.8 Å². The molecule has 0 spiro atoms. The number of carbonyl (C=O) groups is 1. The molecule has 0 amide bonds. The lowest BCUT2D eigenvalue weighted by Gasteiger charge is -2.33. The summed E-state index contributed by atoms with van der Waals surface area (Å²) in [6, 6.07) is 8.04. The number of ether oxygens (including phenoxy) is 2. The number of hydrogen-bond acceptors (Lipinski definition) is 4. The summed E-state index contributed by atoms with van der Waals surface area (Å²) >= 11 is 0. The predicted molar refractivity (Wildman–Crippen MR) is 114 cm³/mol. The fraction of sp³-hybridized carbons (Fsp3) is 0.579. The Morgan fingerprint density at radius 1 is 1.31 bits per heavy atom. The lowest BCUT2D eigenvalue weighted by Crippen LogP contribution is -2.47. The number of esters is 1. The van der Waals surface area contributed by atoms with Crippen LogP contribution in [0.15, 0.2) is 29.3 Å². The van der Waals surface area contributed by atoms with Gasteiger partial charge in [0.2, 0.25) is 0 Å². The number of aryl methyl sites for hydroxylation is 1. The molecule has 1 aromatic rings. The minimum atomic E-state index is -0.101. The lowest BCUT2D eigenvalue weighted by atomic mass is 9.97. The zero-order valence-electron chi connectivity index (χ0n) is 15.9. The number of aliphatic imine (C=N–C) groups is 1. The van der Waals surface area contributed by atoms with Crippen molar-refractivity contribution in [2.45, 2.75) is 26.2 Å². The van der Waals surface area contributed by atoms with Gasteiger partial charge in [0.05, 0.1) is 19.6 Å². The molecule has 26 heavy (non-hydrogen) atoms.